The Morgan fingerprint density at radius 3 is 2.42 bits per heavy atom. The fraction of sp³-hybridized carbons (Fsp3) is 0.143. The van der Waals surface area contributed by atoms with Gasteiger partial charge in [0.1, 0.15) is 11.5 Å². The fourth-order valence-electron chi connectivity index (χ4n) is 1.56. The second-order valence-electron chi connectivity index (χ2n) is 4.02. The Morgan fingerprint density at radius 1 is 1.11 bits per heavy atom. The first-order valence-electron chi connectivity index (χ1n) is 5.49. The van der Waals surface area contributed by atoms with Crippen molar-refractivity contribution in [3.8, 4) is 11.5 Å². The summed E-state index contributed by atoms with van der Waals surface area (Å²) in [5, 5.41) is 0.720. The van der Waals surface area contributed by atoms with Gasteiger partial charge in [0.05, 0.1) is 0 Å². The number of ether oxygens (including phenoxy) is 1. The van der Waals surface area contributed by atoms with Crippen LogP contribution in [-0.4, -0.2) is 0 Å². The van der Waals surface area contributed by atoms with E-state index in [1.165, 1.54) is 0 Å². The van der Waals surface area contributed by atoms with Gasteiger partial charge in [0, 0.05) is 15.9 Å². The second kappa shape index (κ2) is 6.01. The van der Waals surface area contributed by atoms with Crippen molar-refractivity contribution in [1.29, 1.82) is 0 Å². The van der Waals surface area contributed by atoms with Crippen LogP contribution in [0.2, 0.25) is 0 Å². The first-order chi connectivity index (χ1) is 9.01. The summed E-state index contributed by atoms with van der Waals surface area (Å²) in [6.45, 7) is 1.67. The summed E-state index contributed by atoms with van der Waals surface area (Å²) in [6, 6.07) is 7.63. The molecule has 2 rings (SSSR count). The maximum Gasteiger partial charge on any atom is 0.162 e. The number of benzene rings is 2. The van der Waals surface area contributed by atoms with Crippen molar-refractivity contribution in [3.05, 3.63) is 57.6 Å². The highest BCUT2D eigenvalue weighted by molar-refractivity contribution is 9.10. The molecule has 0 heterocycles. The molecule has 0 radical (unpaired) electrons. The topological polar surface area (TPSA) is 9.23 Å². The maximum absolute atomic E-state index is 13.2. The molecule has 0 saturated carbocycles. The normalized spacial score (nSPS) is 10.6. The Kier molecular flexibility index (Phi) is 4.58. The number of rotatable bonds is 3. The quantitative estimate of drug-likeness (QED) is 0.607. The third kappa shape index (κ3) is 3.34. The van der Waals surface area contributed by atoms with Crippen LogP contribution in [0.3, 0.4) is 0 Å². The number of halogens is 4. The van der Waals surface area contributed by atoms with Crippen LogP contribution in [0.25, 0.3) is 0 Å². The van der Waals surface area contributed by atoms with E-state index in [9.17, 15) is 8.78 Å². The molecule has 0 amide bonds. The highest BCUT2D eigenvalue weighted by Gasteiger charge is 2.09. The van der Waals surface area contributed by atoms with Crippen molar-refractivity contribution in [2.24, 2.45) is 0 Å². The first-order valence-corrected chi connectivity index (χ1v) is 7.40. The van der Waals surface area contributed by atoms with E-state index in [4.69, 9.17) is 4.74 Å². The molecule has 0 spiro atoms. The van der Waals surface area contributed by atoms with E-state index >= 15 is 0 Å². The third-order valence-electron chi connectivity index (χ3n) is 2.61. The SMILES string of the molecule is Cc1cc(F)c(F)cc1Oc1ccc(CBr)c(Br)c1. The molecule has 0 N–H and O–H groups in total. The molecule has 2 aromatic rings. The molecule has 19 heavy (non-hydrogen) atoms. The number of alkyl halides is 1. The van der Waals surface area contributed by atoms with Gasteiger partial charge in [-0.25, -0.2) is 8.78 Å². The Labute approximate surface area is 126 Å². The predicted molar refractivity (Wildman–Crippen MR) is 77.9 cm³/mol. The molecule has 0 atom stereocenters. The van der Waals surface area contributed by atoms with E-state index in [-0.39, 0.29) is 0 Å². The molecule has 0 aromatic heterocycles. The monoisotopic (exact) mass is 390 g/mol. The van der Waals surface area contributed by atoms with Crippen molar-refractivity contribution in [2.75, 3.05) is 0 Å². The van der Waals surface area contributed by atoms with Crippen molar-refractivity contribution in [1.82, 2.24) is 0 Å². The van der Waals surface area contributed by atoms with E-state index in [0.29, 0.717) is 17.1 Å². The number of hydrogen-bond acceptors (Lipinski definition) is 1. The van der Waals surface area contributed by atoms with Gasteiger partial charge in [-0.05, 0) is 36.2 Å². The highest BCUT2D eigenvalue weighted by Crippen LogP contribution is 2.30. The summed E-state index contributed by atoms with van der Waals surface area (Å²) in [4.78, 5) is 0. The van der Waals surface area contributed by atoms with Gasteiger partial charge in [0.2, 0.25) is 0 Å². The van der Waals surface area contributed by atoms with Crippen molar-refractivity contribution in [2.45, 2.75) is 12.3 Å². The summed E-state index contributed by atoms with van der Waals surface area (Å²) in [5.74, 6) is -0.930. The summed E-state index contributed by atoms with van der Waals surface area (Å²) < 4.78 is 32.7. The summed E-state index contributed by atoms with van der Waals surface area (Å²) >= 11 is 6.79. The summed E-state index contributed by atoms with van der Waals surface area (Å²) in [7, 11) is 0. The largest absolute Gasteiger partial charge is 0.457 e. The molecule has 5 heteroatoms. The Bertz CT molecular complexity index is 615. The van der Waals surface area contributed by atoms with Crippen molar-refractivity contribution in [3.63, 3.8) is 0 Å². The first kappa shape index (κ1) is 14.5. The van der Waals surface area contributed by atoms with Crippen LogP contribution in [0.5, 0.6) is 11.5 Å². The standard InChI is InChI=1S/C14H10Br2F2O/c1-8-4-12(17)13(18)6-14(8)19-10-3-2-9(7-15)11(16)5-10/h2-6H,7H2,1H3. The van der Waals surface area contributed by atoms with Gasteiger partial charge < -0.3 is 4.74 Å². The van der Waals surface area contributed by atoms with Crippen LogP contribution in [0.1, 0.15) is 11.1 Å². The lowest BCUT2D eigenvalue weighted by atomic mass is 10.2. The molecular weight excluding hydrogens is 382 g/mol. The van der Waals surface area contributed by atoms with Crippen molar-refractivity contribution < 1.29 is 13.5 Å². The molecule has 0 aliphatic carbocycles. The fourth-order valence-corrected chi connectivity index (χ4v) is 2.93. The Hall–Kier alpha value is -0.940. The van der Waals surface area contributed by atoms with Crippen LogP contribution in [-0.2, 0) is 5.33 Å². The molecule has 1 nitrogen and oxygen atoms in total. The molecule has 100 valence electrons. The Morgan fingerprint density at radius 2 is 1.79 bits per heavy atom. The lowest BCUT2D eigenvalue weighted by Crippen LogP contribution is -1.93. The minimum Gasteiger partial charge on any atom is -0.457 e. The third-order valence-corrected chi connectivity index (χ3v) is 3.96. The average Bonchev–Trinajstić information content (AvgIpc) is 2.36. The molecule has 0 aliphatic heterocycles. The van der Waals surface area contributed by atoms with Gasteiger partial charge in [-0.3, -0.25) is 0 Å². The van der Waals surface area contributed by atoms with Crippen LogP contribution < -0.4 is 4.74 Å². The smallest absolute Gasteiger partial charge is 0.162 e. The van der Waals surface area contributed by atoms with Crippen LogP contribution in [0.15, 0.2) is 34.8 Å². The lowest BCUT2D eigenvalue weighted by molar-refractivity contribution is 0.457. The highest BCUT2D eigenvalue weighted by atomic mass is 79.9. The zero-order valence-electron chi connectivity index (χ0n) is 10.0. The van der Waals surface area contributed by atoms with Crippen LogP contribution >= 0.6 is 31.9 Å². The molecule has 0 bridgehead atoms. The van der Waals surface area contributed by atoms with Crippen molar-refractivity contribution >= 4 is 31.9 Å². The number of aryl methyl sites for hydroxylation is 1. The molecule has 0 aliphatic rings. The average molecular weight is 392 g/mol. The Balaban J connectivity index is 2.31. The van der Waals surface area contributed by atoms with Crippen LogP contribution in [0, 0.1) is 18.6 Å². The molecule has 0 unspecified atom stereocenters. The second-order valence-corrected chi connectivity index (χ2v) is 5.44. The van der Waals surface area contributed by atoms with E-state index in [1.807, 2.05) is 6.07 Å². The zero-order valence-corrected chi connectivity index (χ0v) is 13.2. The molecule has 2 aromatic carbocycles. The van der Waals surface area contributed by atoms with E-state index in [0.717, 1.165) is 27.5 Å². The van der Waals surface area contributed by atoms with Gasteiger partial charge in [0.25, 0.3) is 0 Å². The van der Waals surface area contributed by atoms with E-state index in [2.05, 4.69) is 31.9 Å². The van der Waals surface area contributed by atoms with E-state index < -0.39 is 11.6 Å². The van der Waals surface area contributed by atoms with Crippen LogP contribution in [0.4, 0.5) is 8.78 Å². The molecular formula is C14H10Br2F2O. The van der Waals surface area contributed by atoms with Gasteiger partial charge >= 0.3 is 0 Å². The van der Waals surface area contributed by atoms with Gasteiger partial charge in [0.15, 0.2) is 11.6 Å². The summed E-state index contributed by atoms with van der Waals surface area (Å²) in [6.07, 6.45) is 0. The number of hydrogen-bond donors (Lipinski definition) is 0. The zero-order chi connectivity index (χ0) is 14.0. The molecule has 0 fully saturated rings. The van der Waals surface area contributed by atoms with E-state index in [1.54, 1.807) is 19.1 Å². The van der Waals surface area contributed by atoms with Gasteiger partial charge in [-0.15, -0.1) is 0 Å². The van der Waals surface area contributed by atoms with Gasteiger partial charge in [-0.1, -0.05) is 37.9 Å². The minimum absolute atomic E-state index is 0.303. The predicted octanol–water partition coefficient (Wildman–Crippen LogP) is 5.72. The lowest BCUT2D eigenvalue weighted by Gasteiger charge is -2.10. The molecule has 0 saturated heterocycles. The minimum atomic E-state index is -0.920. The maximum atomic E-state index is 13.2. The van der Waals surface area contributed by atoms with Gasteiger partial charge in [-0.2, -0.15) is 0 Å². The summed E-state index contributed by atoms with van der Waals surface area (Å²) in [5.41, 5.74) is 1.62.